The molecule has 0 saturated heterocycles. The number of thiazole rings is 1. The van der Waals surface area contributed by atoms with Crippen LogP contribution in [-0.4, -0.2) is 23.5 Å². The van der Waals surface area contributed by atoms with Gasteiger partial charge in [0, 0.05) is 23.7 Å². The van der Waals surface area contributed by atoms with Crippen molar-refractivity contribution >= 4 is 41.3 Å². The van der Waals surface area contributed by atoms with E-state index in [4.69, 9.17) is 4.99 Å². The Morgan fingerprint density at radius 3 is 2.57 bits per heavy atom. The molecule has 0 aromatic carbocycles. The summed E-state index contributed by atoms with van der Waals surface area (Å²) in [7, 11) is 0. The predicted molar refractivity (Wildman–Crippen MR) is 111 cm³/mol. The Hall–Kier alpha value is -0.370. The molecule has 2 N–H and O–H groups in total. The summed E-state index contributed by atoms with van der Waals surface area (Å²) in [5.41, 5.74) is 0. The van der Waals surface area contributed by atoms with Gasteiger partial charge >= 0.3 is 0 Å². The highest BCUT2D eigenvalue weighted by molar-refractivity contribution is 14.0. The summed E-state index contributed by atoms with van der Waals surface area (Å²) >= 11 is 1.77. The molecule has 0 amide bonds. The lowest BCUT2D eigenvalue weighted by Crippen LogP contribution is -2.44. The van der Waals surface area contributed by atoms with Crippen molar-refractivity contribution in [3.8, 4) is 0 Å². The molecule has 4 nitrogen and oxygen atoms in total. The molecule has 1 aliphatic rings. The fraction of sp³-hybridized carbons (Fsp3) is 0.765. The van der Waals surface area contributed by atoms with Gasteiger partial charge < -0.3 is 10.6 Å². The van der Waals surface area contributed by atoms with Crippen molar-refractivity contribution in [1.82, 2.24) is 15.6 Å². The van der Waals surface area contributed by atoms with Gasteiger partial charge in [0.1, 0.15) is 5.01 Å². The molecule has 132 valence electrons. The van der Waals surface area contributed by atoms with Crippen LogP contribution in [0.5, 0.6) is 0 Å². The highest BCUT2D eigenvalue weighted by atomic mass is 127. The van der Waals surface area contributed by atoms with Crippen LogP contribution >= 0.6 is 35.3 Å². The monoisotopic (exact) mass is 450 g/mol. The molecule has 1 aliphatic carbocycles. The Bertz CT molecular complexity index is 467. The molecule has 1 aromatic rings. The molecule has 1 heterocycles. The number of aliphatic imine (C=N–C) groups is 1. The first-order valence-electron chi connectivity index (χ1n) is 8.73. The Kier molecular flexibility index (Phi) is 10.1. The fourth-order valence-electron chi connectivity index (χ4n) is 2.96. The van der Waals surface area contributed by atoms with Crippen molar-refractivity contribution in [1.29, 1.82) is 0 Å². The van der Waals surface area contributed by atoms with Gasteiger partial charge in [0.25, 0.3) is 0 Å². The molecule has 0 aliphatic heterocycles. The zero-order chi connectivity index (χ0) is 15.8. The van der Waals surface area contributed by atoms with Crippen LogP contribution in [0.3, 0.4) is 0 Å². The fourth-order valence-corrected chi connectivity index (χ4v) is 3.75. The van der Waals surface area contributed by atoms with Crippen LogP contribution in [0.2, 0.25) is 0 Å². The minimum absolute atomic E-state index is 0. The minimum Gasteiger partial charge on any atom is -0.357 e. The number of nitrogens with zero attached hydrogens (tertiary/aromatic N) is 2. The van der Waals surface area contributed by atoms with E-state index in [9.17, 15) is 0 Å². The van der Waals surface area contributed by atoms with Gasteiger partial charge in [0.2, 0.25) is 0 Å². The Morgan fingerprint density at radius 2 is 2.00 bits per heavy atom. The van der Waals surface area contributed by atoms with E-state index in [1.54, 1.807) is 11.3 Å². The van der Waals surface area contributed by atoms with Gasteiger partial charge in [-0.3, -0.25) is 0 Å². The average molecular weight is 450 g/mol. The van der Waals surface area contributed by atoms with Crippen molar-refractivity contribution in [2.45, 2.75) is 71.9 Å². The zero-order valence-corrected chi connectivity index (χ0v) is 17.7. The van der Waals surface area contributed by atoms with Crippen LogP contribution in [0.4, 0.5) is 0 Å². The Labute approximate surface area is 162 Å². The molecular formula is C17H31IN4S. The van der Waals surface area contributed by atoms with Crippen LogP contribution in [0.1, 0.15) is 62.8 Å². The summed E-state index contributed by atoms with van der Waals surface area (Å²) in [6.07, 6.45) is 9.58. The molecular weight excluding hydrogens is 419 g/mol. The SMILES string of the molecule is CCNC(=NCc1ncc(CC)s1)NC1CCC(CC)CC1.I. The summed E-state index contributed by atoms with van der Waals surface area (Å²) in [5.74, 6) is 1.87. The standard InChI is InChI=1S/C17H30N4S.HI/c1-4-13-7-9-14(10-8-13)21-17(18-6-3)20-12-16-19-11-15(5-2)22-16;/h11,13-14H,4-10,12H2,1-3H3,(H2,18,20,21);1H. The number of aryl methyl sites for hydroxylation is 1. The van der Waals surface area contributed by atoms with Crippen molar-refractivity contribution in [2.24, 2.45) is 10.9 Å². The maximum atomic E-state index is 4.71. The summed E-state index contributed by atoms with van der Waals surface area (Å²) in [4.78, 5) is 10.5. The van der Waals surface area contributed by atoms with E-state index in [1.807, 2.05) is 6.20 Å². The molecule has 1 aromatic heterocycles. The molecule has 0 unspecified atom stereocenters. The molecule has 0 atom stereocenters. The van der Waals surface area contributed by atoms with E-state index in [-0.39, 0.29) is 24.0 Å². The van der Waals surface area contributed by atoms with Gasteiger partial charge in [-0.1, -0.05) is 20.3 Å². The topological polar surface area (TPSA) is 49.3 Å². The summed E-state index contributed by atoms with van der Waals surface area (Å²) in [6, 6.07) is 0.572. The predicted octanol–water partition coefficient (Wildman–Crippen LogP) is 4.35. The van der Waals surface area contributed by atoms with Crippen molar-refractivity contribution in [3.05, 3.63) is 16.1 Å². The summed E-state index contributed by atoms with van der Waals surface area (Å²) < 4.78 is 0. The van der Waals surface area contributed by atoms with Crippen LogP contribution in [-0.2, 0) is 13.0 Å². The van der Waals surface area contributed by atoms with Gasteiger partial charge in [0.15, 0.2) is 5.96 Å². The van der Waals surface area contributed by atoms with Crippen molar-refractivity contribution < 1.29 is 0 Å². The minimum atomic E-state index is 0. The lowest BCUT2D eigenvalue weighted by Gasteiger charge is -2.29. The number of rotatable bonds is 6. The molecule has 0 bridgehead atoms. The lowest BCUT2D eigenvalue weighted by atomic mass is 9.84. The first kappa shape index (κ1) is 20.7. The molecule has 1 fully saturated rings. The van der Waals surface area contributed by atoms with Gasteiger partial charge in [-0.2, -0.15) is 0 Å². The number of halogens is 1. The number of aromatic nitrogens is 1. The number of guanidine groups is 1. The smallest absolute Gasteiger partial charge is 0.191 e. The van der Waals surface area contributed by atoms with Crippen LogP contribution in [0.25, 0.3) is 0 Å². The summed E-state index contributed by atoms with van der Waals surface area (Å²) in [6.45, 7) is 8.16. The van der Waals surface area contributed by atoms with Crippen LogP contribution in [0, 0.1) is 5.92 Å². The largest absolute Gasteiger partial charge is 0.357 e. The quantitative estimate of drug-likeness (QED) is 0.385. The van der Waals surface area contributed by atoms with E-state index < -0.39 is 0 Å². The molecule has 23 heavy (non-hydrogen) atoms. The van der Waals surface area contributed by atoms with E-state index in [0.717, 1.165) is 29.9 Å². The molecule has 1 saturated carbocycles. The lowest BCUT2D eigenvalue weighted by molar-refractivity contribution is 0.304. The third-order valence-corrected chi connectivity index (χ3v) is 5.56. The van der Waals surface area contributed by atoms with E-state index in [1.165, 1.54) is 37.0 Å². The maximum absolute atomic E-state index is 4.71. The van der Waals surface area contributed by atoms with Gasteiger partial charge in [0.05, 0.1) is 6.54 Å². The highest BCUT2D eigenvalue weighted by Crippen LogP contribution is 2.26. The second-order valence-corrected chi connectivity index (χ2v) is 7.24. The Balaban J connectivity index is 0.00000264. The first-order valence-corrected chi connectivity index (χ1v) is 9.55. The maximum Gasteiger partial charge on any atom is 0.191 e. The van der Waals surface area contributed by atoms with Crippen molar-refractivity contribution in [3.63, 3.8) is 0 Å². The summed E-state index contributed by atoms with van der Waals surface area (Å²) in [5, 5.41) is 8.07. The van der Waals surface area contributed by atoms with E-state index >= 15 is 0 Å². The van der Waals surface area contributed by atoms with Crippen molar-refractivity contribution in [2.75, 3.05) is 6.54 Å². The number of hydrogen-bond donors (Lipinski definition) is 2. The highest BCUT2D eigenvalue weighted by Gasteiger charge is 2.20. The first-order chi connectivity index (χ1) is 10.7. The Morgan fingerprint density at radius 1 is 1.26 bits per heavy atom. The molecule has 6 heteroatoms. The molecule has 2 rings (SSSR count). The molecule has 0 radical (unpaired) electrons. The zero-order valence-electron chi connectivity index (χ0n) is 14.6. The molecule has 0 spiro atoms. The van der Waals surface area contributed by atoms with E-state index in [0.29, 0.717) is 12.6 Å². The second kappa shape index (κ2) is 11.2. The third kappa shape index (κ3) is 6.95. The number of hydrogen-bond acceptors (Lipinski definition) is 3. The van der Waals surface area contributed by atoms with E-state index in [2.05, 4.69) is 36.4 Å². The second-order valence-electron chi connectivity index (χ2n) is 6.04. The van der Waals surface area contributed by atoms with Gasteiger partial charge in [-0.05, 0) is 44.9 Å². The third-order valence-electron chi connectivity index (χ3n) is 4.43. The van der Waals surface area contributed by atoms with Crippen LogP contribution in [0.15, 0.2) is 11.2 Å². The van der Waals surface area contributed by atoms with Gasteiger partial charge in [-0.15, -0.1) is 35.3 Å². The van der Waals surface area contributed by atoms with Gasteiger partial charge in [-0.25, -0.2) is 9.98 Å². The normalized spacial score (nSPS) is 21.6. The average Bonchev–Trinajstić information content (AvgIpc) is 3.01. The number of nitrogens with one attached hydrogen (secondary N) is 2. The van der Waals surface area contributed by atoms with Crippen LogP contribution < -0.4 is 10.6 Å².